The van der Waals surface area contributed by atoms with Crippen molar-refractivity contribution in [2.45, 2.75) is 77.5 Å². The van der Waals surface area contributed by atoms with Crippen molar-refractivity contribution in [2.75, 3.05) is 18.0 Å². The first-order chi connectivity index (χ1) is 20.4. The van der Waals surface area contributed by atoms with Crippen LogP contribution in [-0.4, -0.2) is 51.2 Å². The molecule has 43 heavy (non-hydrogen) atoms. The summed E-state index contributed by atoms with van der Waals surface area (Å²) in [6.07, 6.45) is 6.00. The summed E-state index contributed by atoms with van der Waals surface area (Å²) in [5.74, 6) is 2.45. The van der Waals surface area contributed by atoms with E-state index >= 15 is 0 Å². The molecule has 2 amide bonds. The van der Waals surface area contributed by atoms with Crippen molar-refractivity contribution in [2.24, 2.45) is 24.8 Å². The maximum absolute atomic E-state index is 13.7. The van der Waals surface area contributed by atoms with Crippen molar-refractivity contribution in [1.82, 2.24) is 20.2 Å². The molecule has 2 atom stereocenters. The van der Waals surface area contributed by atoms with Gasteiger partial charge in [-0.2, -0.15) is 0 Å². The number of fused-ring (bicyclic) bond motifs is 2. The average Bonchev–Trinajstić information content (AvgIpc) is 3.45. The third-order valence-electron chi connectivity index (χ3n) is 9.60. The van der Waals surface area contributed by atoms with Crippen molar-refractivity contribution in [3.63, 3.8) is 0 Å². The predicted molar refractivity (Wildman–Crippen MR) is 171 cm³/mol. The molecule has 1 saturated heterocycles. The number of imidazole rings is 1. The van der Waals surface area contributed by atoms with Gasteiger partial charge in [-0.15, -0.1) is 0 Å². The van der Waals surface area contributed by atoms with Crippen molar-refractivity contribution in [1.29, 1.82) is 0 Å². The summed E-state index contributed by atoms with van der Waals surface area (Å²) in [7, 11) is 1.98. The molecule has 230 valence electrons. The number of benzene rings is 2. The fourth-order valence-corrected chi connectivity index (χ4v) is 7.21. The van der Waals surface area contributed by atoms with Crippen LogP contribution in [0.3, 0.4) is 0 Å². The first kappa shape index (κ1) is 30.2. The number of rotatable bonds is 8. The van der Waals surface area contributed by atoms with Crippen LogP contribution in [0.2, 0.25) is 10.0 Å². The fraction of sp³-hybridized carbons (Fsp3) is 0.545. The number of aliphatic hydroxyl groups is 1. The molecule has 3 aliphatic rings. The number of halogens is 2. The zero-order chi connectivity index (χ0) is 30.6. The maximum atomic E-state index is 13.7. The monoisotopic (exact) mass is 625 g/mol. The molecule has 10 heteroatoms. The molecule has 3 aromatic rings. The number of piperidine rings is 1. The van der Waals surface area contributed by atoms with E-state index in [0.29, 0.717) is 33.2 Å². The number of hydrogen-bond donors (Lipinski definition) is 3. The Kier molecular flexibility index (Phi) is 8.16. The summed E-state index contributed by atoms with van der Waals surface area (Å²) in [4.78, 5) is 33.3. The third kappa shape index (κ3) is 6.24. The second-order valence-corrected chi connectivity index (χ2v) is 14.2. The minimum absolute atomic E-state index is 0.0175. The van der Waals surface area contributed by atoms with Crippen molar-refractivity contribution < 1.29 is 14.7 Å². The van der Waals surface area contributed by atoms with E-state index in [9.17, 15) is 14.7 Å². The summed E-state index contributed by atoms with van der Waals surface area (Å²) in [6, 6.07) is 7.83. The number of aromatic nitrogens is 2. The van der Waals surface area contributed by atoms with E-state index in [1.165, 1.54) is 20.3 Å². The number of amides is 2. The van der Waals surface area contributed by atoms with Gasteiger partial charge in [-0.05, 0) is 93.0 Å². The molecular formula is C33H41Cl2N5O3. The zero-order valence-electron chi connectivity index (χ0n) is 25.3. The molecule has 2 heterocycles. The van der Waals surface area contributed by atoms with E-state index in [4.69, 9.17) is 28.2 Å². The number of nitrogens with one attached hydrogen (secondary N) is 2. The van der Waals surface area contributed by atoms with Gasteiger partial charge in [0.15, 0.2) is 0 Å². The molecule has 3 N–H and O–H groups in total. The smallest absolute Gasteiger partial charge is 0.253 e. The highest BCUT2D eigenvalue weighted by atomic mass is 35.5. The summed E-state index contributed by atoms with van der Waals surface area (Å²) < 4.78 is 2.05. The van der Waals surface area contributed by atoms with Gasteiger partial charge in [0.1, 0.15) is 11.4 Å². The molecule has 0 bridgehead atoms. The van der Waals surface area contributed by atoms with Crippen LogP contribution < -0.4 is 15.5 Å². The van der Waals surface area contributed by atoms with Crippen LogP contribution in [-0.2, 0) is 24.8 Å². The van der Waals surface area contributed by atoms with Crippen LogP contribution in [0, 0.1) is 17.8 Å². The second kappa shape index (κ2) is 11.6. The molecule has 3 fully saturated rings. The van der Waals surface area contributed by atoms with Crippen molar-refractivity contribution in [3.05, 3.63) is 56.8 Å². The van der Waals surface area contributed by atoms with Gasteiger partial charge in [-0.25, -0.2) is 4.98 Å². The molecule has 2 unspecified atom stereocenters. The Morgan fingerprint density at radius 1 is 1.09 bits per heavy atom. The minimum atomic E-state index is -1.49. The molecule has 2 aliphatic carbocycles. The molecule has 2 saturated carbocycles. The topological polar surface area (TPSA) is 99.5 Å². The number of aryl methyl sites for hydroxylation is 1. The summed E-state index contributed by atoms with van der Waals surface area (Å²) in [5, 5.41) is 17.0. The highest BCUT2D eigenvalue weighted by Gasteiger charge is 2.46. The second-order valence-electron chi connectivity index (χ2n) is 13.5. The standard InChI is InChI=1S/C33H41Cl2N5O3/c1-18-5-8-22(9-6-18)37-31(41)24-12-26-28(14-27(24)40-16-20-11-21(20)17-40)39(4)29(38-26)13-23-25(34)10-7-19(30(23)35)15-36-32(42)33(2,3)43/h7,10,12,14,18,20-22,43H,5-6,8-9,11,13,15-17H2,1-4H3,(H,36,42)(H,37,41). The highest BCUT2D eigenvalue weighted by Crippen LogP contribution is 2.47. The fourth-order valence-electron chi connectivity index (χ4n) is 6.64. The molecule has 1 aliphatic heterocycles. The number of nitrogens with zero attached hydrogens (tertiary/aromatic N) is 3. The van der Waals surface area contributed by atoms with E-state index in [2.05, 4.69) is 33.1 Å². The molecule has 6 rings (SSSR count). The maximum Gasteiger partial charge on any atom is 0.253 e. The number of hydrogen-bond acceptors (Lipinski definition) is 5. The van der Waals surface area contributed by atoms with Gasteiger partial charge in [-0.1, -0.05) is 36.2 Å². The third-order valence-corrected chi connectivity index (χ3v) is 10.4. The lowest BCUT2D eigenvalue weighted by Crippen LogP contribution is -2.41. The zero-order valence-corrected chi connectivity index (χ0v) is 26.9. The van der Waals surface area contributed by atoms with Gasteiger partial charge in [0, 0.05) is 44.2 Å². The summed E-state index contributed by atoms with van der Waals surface area (Å²) in [5.41, 5.74) is 3.30. The summed E-state index contributed by atoms with van der Waals surface area (Å²) >= 11 is 13.4. The van der Waals surface area contributed by atoms with E-state index in [0.717, 1.165) is 79.1 Å². The first-order valence-corrected chi connectivity index (χ1v) is 16.2. The van der Waals surface area contributed by atoms with Crippen LogP contribution in [0.15, 0.2) is 24.3 Å². The van der Waals surface area contributed by atoms with Crippen molar-refractivity contribution in [3.8, 4) is 0 Å². The Bertz CT molecular complexity index is 1560. The molecule has 2 aromatic carbocycles. The average molecular weight is 627 g/mol. The van der Waals surface area contributed by atoms with Crippen LogP contribution in [0.1, 0.15) is 80.2 Å². The molecule has 0 radical (unpaired) electrons. The van der Waals surface area contributed by atoms with Crippen molar-refractivity contribution >= 4 is 51.7 Å². The SMILES string of the molecule is CC1CCC(NC(=O)c2cc3nc(Cc4c(Cl)ccc(CNC(=O)C(C)(C)O)c4Cl)n(C)c3cc2N2CC3CC3C2)CC1. The Morgan fingerprint density at radius 2 is 1.79 bits per heavy atom. The van der Waals surface area contributed by atoms with E-state index in [1.807, 2.05) is 13.1 Å². The van der Waals surface area contributed by atoms with E-state index in [-0.39, 0.29) is 18.5 Å². The first-order valence-electron chi connectivity index (χ1n) is 15.4. The molecule has 8 nitrogen and oxygen atoms in total. The number of carbonyl (C=O) groups excluding carboxylic acids is 2. The van der Waals surface area contributed by atoms with Gasteiger partial charge in [0.05, 0.1) is 27.3 Å². The highest BCUT2D eigenvalue weighted by molar-refractivity contribution is 6.36. The van der Waals surface area contributed by atoms with Gasteiger partial charge >= 0.3 is 0 Å². The summed E-state index contributed by atoms with van der Waals surface area (Å²) in [6.45, 7) is 7.30. The van der Waals surface area contributed by atoms with Crippen LogP contribution in [0.5, 0.6) is 0 Å². The lowest BCUT2D eigenvalue weighted by Gasteiger charge is -2.28. The Balaban J connectivity index is 1.30. The predicted octanol–water partition coefficient (Wildman–Crippen LogP) is 5.62. The van der Waals surface area contributed by atoms with E-state index < -0.39 is 11.5 Å². The quantitative estimate of drug-likeness (QED) is 0.302. The lowest BCUT2D eigenvalue weighted by molar-refractivity contribution is -0.136. The molecule has 1 aromatic heterocycles. The van der Waals surface area contributed by atoms with Gasteiger partial charge in [0.2, 0.25) is 0 Å². The number of carbonyl (C=O) groups is 2. The largest absolute Gasteiger partial charge is 0.381 e. The Hall–Kier alpha value is -2.81. The van der Waals surface area contributed by atoms with Gasteiger partial charge < -0.3 is 25.2 Å². The Labute approximate surface area is 263 Å². The minimum Gasteiger partial charge on any atom is -0.381 e. The normalized spacial score (nSPS) is 23.4. The Morgan fingerprint density at radius 3 is 2.47 bits per heavy atom. The molecular weight excluding hydrogens is 585 g/mol. The van der Waals surface area contributed by atoms with Crippen LogP contribution in [0.4, 0.5) is 5.69 Å². The van der Waals surface area contributed by atoms with Crippen LogP contribution >= 0.6 is 23.2 Å². The lowest BCUT2D eigenvalue weighted by atomic mass is 9.87. The van der Waals surface area contributed by atoms with Gasteiger partial charge in [-0.3, -0.25) is 9.59 Å². The van der Waals surface area contributed by atoms with Crippen LogP contribution in [0.25, 0.3) is 11.0 Å². The van der Waals surface area contributed by atoms with E-state index in [1.54, 1.807) is 12.1 Å². The molecule has 0 spiro atoms. The van der Waals surface area contributed by atoms with Gasteiger partial charge in [0.25, 0.3) is 11.8 Å². The number of anilines is 1.